The van der Waals surface area contributed by atoms with Crippen LogP contribution in [0, 0.1) is 0 Å². The van der Waals surface area contributed by atoms with Gasteiger partial charge in [0.15, 0.2) is 0 Å². The molecule has 1 aliphatic rings. The molecule has 1 rings (SSSR count). The monoisotopic (exact) mass is 260 g/mol. The maximum atomic E-state index is 2.54. The Hall–Kier alpha value is 0.496. The molecule has 0 aromatic carbocycles. The third-order valence-corrected chi connectivity index (χ3v) is 11.7. The normalized spacial score (nSPS) is 26.8. The predicted octanol–water partition coefficient (Wildman–Crippen LogP) is 2.69. The molecule has 0 spiro atoms. The quantitative estimate of drug-likeness (QED) is 0.587. The van der Waals surface area contributed by atoms with Gasteiger partial charge in [-0.1, -0.05) is 0 Å². The second-order valence-corrected chi connectivity index (χ2v) is 20.9. The molecule has 0 N–H and O–H groups in total. The average molecular weight is 259 g/mol. The fourth-order valence-electron chi connectivity index (χ4n) is 0.970. The van der Waals surface area contributed by atoms with Gasteiger partial charge < -0.3 is 0 Å². The van der Waals surface area contributed by atoms with Crippen molar-refractivity contribution < 1.29 is 0 Å². The number of rotatable bonds is 0. The van der Waals surface area contributed by atoms with Crippen molar-refractivity contribution in [3.63, 3.8) is 0 Å². The van der Waals surface area contributed by atoms with Gasteiger partial charge in [0.1, 0.15) is 0 Å². The van der Waals surface area contributed by atoms with Crippen LogP contribution in [-0.4, -0.2) is 26.5 Å². The predicted molar refractivity (Wildman–Crippen MR) is 53.2 cm³/mol. The zero-order chi connectivity index (χ0) is 7.83. The SMILES string of the molecule is C[Si]1(C)C=[CH][Sn]([CH3])([CH3])[CH]=C1. The summed E-state index contributed by atoms with van der Waals surface area (Å²) in [5.74, 6) is 0. The summed E-state index contributed by atoms with van der Waals surface area (Å²) in [5, 5.41) is 0. The van der Waals surface area contributed by atoms with E-state index in [-0.39, 0.29) is 0 Å². The molecule has 0 saturated carbocycles. The van der Waals surface area contributed by atoms with Gasteiger partial charge >= 0.3 is 69.0 Å². The van der Waals surface area contributed by atoms with Crippen molar-refractivity contribution in [1.29, 1.82) is 0 Å². The number of hydrogen-bond donors (Lipinski definition) is 0. The van der Waals surface area contributed by atoms with Gasteiger partial charge in [-0.25, -0.2) is 0 Å². The van der Waals surface area contributed by atoms with Crippen LogP contribution in [0.5, 0.6) is 0 Å². The molecule has 0 bridgehead atoms. The Kier molecular flexibility index (Phi) is 2.16. The van der Waals surface area contributed by atoms with Crippen LogP contribution in [-0.2, 0) is 0 Å². The van der Waals surface area contributed by atoms with E-state index in [0.717, 1.165) is 0 Å². The summed E-state index contributed by atoms with van der Waals surface area (Å²) in [6.07, 6.45) is 0. The third kappa shape index (κ3) is 2.27. The van der Waals surface area contributed by atoms with Gasteiger partial charge in [0, 0.05) is 0 Å². The van der Waals surface area contributed by atoms with Crippen LogP contribution in [0.2, 0.25) is 23.0 Å². The molecule has 0 atom stereocenters. The van der Waals surface area contributed by atoms with E-state index in [2.05, 4.69) is 42.6 Å². The van der Waals surface area contributed by atoms with Crippen molar-refractivity contribution in [3.05, 3.63) is 19.6 Å². The van der Waals surface area contributed by atoms with Gasteiger partial charge in [0.2, 0.25) is 0 Å². The Morgan fingerprint density at radius 3 is 1.70 bits per heavy atom. The van der Waals surface area contributed by atoms with Crippen molar-refractivity contribution in [3.8, 4) is 0 Å². The van der Waals surface area contributed by atoms with Crippen molar-refractivity contribution in [2.24, 2.45) is 0 Å². The molecule has 2 heteroatoms. The van der Waals surface area contributed by atoms with E-state index in [1.54, 1.807) is 0 Å². The fourth-order valence-corrected chi connectivity index (χ4v) is 17.8. The first kappa shape index (κ1) is 8.59. The molecule has 0 fully saturated rings. The average Bonchev–Trinajstić information content (AvgIpc) is 1.79. The Morgan fingerprint density at radius 1 is 1.00 bits per heavy atom. The van der Waals surface area contributed by atoms with Gasteiger partial charge in [-0.2, -0.15) is 0 Å². The summed E-state index contributed by atoms with van der Waals surface area (Å²) in [6.45, 7) is 4.78. The van der Waals surface area contributed by atoms with E-state index in [4.69, 9.17) is 0 Å². The van der Waals surface area contributed by atoms with E-state index < -0.39 is 26.5 Å². The first-order chi connectivity index (χ1) is 4.41. The minimum absolute atomic E-state index is 0.988. The minimum atomic E-state index is -1.68. The third-order valence-electron chi connectivity index (χ3n) is 1.88. The number of hydrogen-bond acceptors (Lipinski definition) is 0. The standard InChI is InChI=1S/C6H10Si.2CH3.Sn/c1-5-7(3,4)6-2;;;/h1-2,5-6H,3-4H3;2*1H3;. The molecule has 1 aliphatic heterocycles. The Labute approximate surface area is 68.9 Å². The molecule has 0 aromatic heterocycles. The molecule has 0 amide bonds. The van der Waals surface area contributed by atoms with Crippen molar-refractivity contribution in [1.82, 2.24) is 0 Å². The summed E-state index contributed by atoms with van der Waals surface area (Å²) < 4.78 is 5.09. The van der Waals surface area contributed by atoms with E-state index >= 15 is 0 Å². The summed E-state index contributed by atoms with van der Waals surface area (Å²) in [4.78, 5) is 4.90. The zero-order valence-electron chi connectivity index (χ0n) is 7.31. The van der Waals surface area contributed by atoms with E-state index in [1.807, 2.05) is 0 Å². The van der Waals surface area contributed by atoms with E-state index in [1.165, 1.54) is 0 Å². The van der Waals surface area contributed by atoms with E-state index in [0.29, 0.717) is 0 Å². The Balaban J connectivity index is 2.81. The first-order valence-corrected chi connectivity index (χ1v) is 16.0. The molecule has 0 radical (unpaired) electrons. The second-order valence-electron chi connectivity index (χ2n) is 4.31. The summed E-state index contributed by atoms with van der Waals surface area (Å²) in [7, 11) is -0.988. The van der Waals surface area contributed by atoms with Crippen molar-refractivity contribution >= 4 is 26.5 Å². The van der Waals surface area contributed by atoms with Crippen molar-refractivity contribution in [2.45, 2.75) is 23.0 Å². The van der Waals surface area contributed by atoms with Crippen LogP contribution < -0.4 is 0 Å². The van der Waals surface area contributed by atoms with E-state index in [9.17, 15) is 0 Å². The van der Waals surface area contributed by atoms with Crippen LogP contribution >= 0.6 is 0 Å². The molecular formula is C8H16SiSn. The molecule has 1 heterocycles. The molecule has 0 nitrogen and oxygen atoms in total. The van der Waals surface area contributed by atoms with Gasteiger partial charge in [0.05, 0.1) is 0 Å². The van der Waals surface area contributed by atoms with Gasteiger partial charge in [-0.15, -0.1) is 0 Å². The van der Waals surface area contributed by atoms with Gasteiger partial charge in [-0.3, -0.25) is 0 Å². The van der Waals surface area contributed by atoms with Crippen molar-refractivity contribution in [2.75, 3.05) is 0 Å². The summed E-state index contributed by atoms with van der Waals surface area (Å²) >= 11 is -1.68. The molecule has 0 aliphatic carbocycles. The fraction of sp³-hybridized carbons (Fsp3) is 0.500. The summed E-state index contributed by atoms with van der Waals surface area (Å²) in [6, 6.07) is 0. The molecule has 0 aromatic rings. The summed E-state index contributed by atoms with van der Waals surface area (Å²) in [5.41, 5.74) is 5.01. The van der Waals surface area contributed by atoms with Crippen LogP contribution in [0.3, 0.4) is 0 Å². The topological polar surface area (TPSA) is 0 Å². The molecule has 0 saturated heterocycles. The zero-order valence-corrected chi connectivity index (χ0v) is 11.2. The molecule has 10 heavy (non-hydrogen) atoms. The molecule has 56 valence electrons. The van der Waals surface area contributed by atoms with Gasteiger partial charge in [-0.05, 0) is 0 Å². The maximum absolute atomic E-state index is 2.54. The second kappa shape index (κ2) is 2.52. The first-order valence-electron chi connectivity index (χ1n) is 3.82. The Morgan fingerprint density at radius 2 is 1.40 bits per heavy atom. The van der Waals surface area contributed by atoms with Gasteiger partial charge in [0.25, 0.3) is 0 Å². The Bertz CT molecular complexity index is 151. The van der Waals surface area contributed by atoms with Crippen LogP contribution in [0.25, 0.3) is 0 Å². The molecule has 0 unspecified atom stereocenters. The van der Waals surface area contributed by atoms with Crippen LogP contribution in [0.15, 0.2) is 19.6 Å². The van der Waals surface area contributed by atoms with Crippen LogP contribution in [0.4, 0.5) is 0 Å². The molecular weight excluding hydrogens is 243 g/mol. The van der Waals surface area contributed by atoms with Crippen LogP contribution in [0.1, 0.15) is 0 Å².